The molecule has 126 valence electrons. The minimum atomic E-state index is -0.0398. The van der Waals surface area contributed by atoms with Gasteiger partial charge >= 0.3 is 0 Å². The van der Waals surface area contributed by atoms with Crippen LogP contribution >= 0.6 is 0 Å². The summed E-state index contributed by atoms with van der Waals surface area (Å²) in [6.45, 7) is 4.62. The Morgan fingerprint density at radius 2 is 1.72 bits per heavy atom. The average molecular weight is 330 g/mol. The second-order valence-corrected chi connectivity index (χ2v) is 6.12. The summed E-state index contributed by atoms with van der Waals surface area (Å²) >= 11 is 0. The molecule has 0 saturated heterocycles. The number of pyridine rings is 1. The summed E-state index contributed by atoms with van der Waals surface area (Å²) in [6, 6.07) is 21.7. The van der Waals surface area contributed by atoms with Gasteiger partial charge in [-0.15, -0.1) is 0 Å². The Labute approximate surface area is 149 Å². The van der Waals surface area contributed by atoms with Crippen LogP contribution in [0.3, 0.4) is 0 Å². The maximum atomic E-state index is 13.1. The molecular weight excluding hydrogens is 308 g/mol. The molecule has 0 radical (unpaired) electrons. The van der Waals surface area contributed by atoms with Gasteiger partial charge in [-0.3, -0.25) is 9.69 Å². The predicted molar refractivity (Wildman–Crippen MR) is 102 cm³/mol. The van der Waals surface area contributed by atoms with Crippen molar-refractivity contribution in [2.75, 3.05) is 4.90 Å². The highest BCUT2D eigenvalue weighted by atomic mass is 16.2. The van der Waals surface area contributed by atoms with Gasteiger partial charge in [0.1, 0.15) is 5.82 Å². The maximum absolute atomic E-state index is 13.1. The van der Waals surface area contributed by atoms with E-state index in [1.807, 2.05) is 49.4 Å². The summed E-state index contributed by atoms with van der Waals surface area (Å²) in [7, 11) is 0. The number of hydrogen-bond donors (Lipinski definition) is 0. The summed E-state index contributed by atoms with van der Waals surface area (Å²) < 4.78 is 0. The fraction of sp³-hybridized carbons (Fsp3) is 0.182. The number of nitrogens with zero attached hydrogens (tertiary/aromatic N) is 2. The molecule has 0 aliphatic heterocycles. The van der Waals surface area contributed by atoms with Crippen LogP contribution in [0, 0.1) is 6.92 Å². The standard InChI is InChI=1S/C22H22N2O/c1-3-18-10-12-19(13-11-18)16-24(21-9-4-5-14-23-21)22(25)20-8-6-7-17(2)15-20/h4-15H,3,16H2,1-2H3. The lowest BCUT2D eigenvalue weighted by atomic mass is 10.1. The quantitative estimate of drug-likeness (QED) is 0.673. The summed E-state index contributed by atoms with van der Waals surface area (Å²) in [5.74, 6) is 0.621. The molecule has 0 unspecified atom stereocenters. The predicted octanol–water partition coefficient (Wildman–Crippen LogP) is 4.80. The van der Waals surface area contributed by atoms with Crippen LogP contribution in [-0.4, -0.2) is 10.9 Å². The molecule has 2 aromatic carbocycles. The molecule has 25 heavy (non-hydrogen) atoms. The lowest BCUT2D eigenvalue weighted by molar-refractivity contribution is 0.0984. The Bertz CT molecular complexity index is 841. The Hall–Kier alpha value is -2.94. The van der Waals surface area contributed by atoms with Gasteiger partial charge < -0.3 is 0 Å². The third kappa shape index (κ3) is 4.13. The van der Waals surface area contributed by atoms with Crippen molar-refractivity contribution < 1.29 is 4.79 Å². The van der Waals surface area contributed by atoms with E-state index in [1.54, 1.807) is 11.1 Å². The Kier molecular flexibility index (Phi) is 5.24. The monoisotopic (exact) mass is 330 g/mol. The second-order valence-electron chi connectivity index (χ2n) is 6.12. The molecule has 1 amide bonds. The number of carbonyl (C=O) groups is 1. The van der Waals surface area contributed by atoms with Crippen molar-refractivity contribution in [3.05, 3.63) is 95.2 Å². The summed E-state index contributed by atoms with van der Waals surface area (Å²) in [5, 5.41) is 0. The summed E-state index contributed by atoms with van der Waals surface area (Å²) in [6.07, 6.45) is 2.72. The molecule has 3 aromatic rings. The van der Waals surface area contributed by atoms with Crippen molar-refractivity contribution in [1.82, 2.24) is 4.98 Å². The Balaban J connectivity index is 1.93. The van der Waals surface area contributed by atoms with Gasteiger partial charge in [0.15, 0.2) is 0 Å². The van der Waals surface area contributed by atoms with E-state index in [0.29, 0.717) is 17.9 Å². The fourth-order valence-electron chi connectivity index (χ4n) is 2.77. The molecule has 0 spiro atoms. The van der Waals surface area contributed by atoms with Crippen molar-refractivity contribution in [1.29, 1.82) is 0 Å². The number of anilines is 1. The molecule has 1 aromatic heterocycles. The molecule has 0 saturated carbocycles. The number of amides is 1. The minimum absolute atomic E-state index is 0.0398. The largest absolute Gasteiger partial charge is 0.288 e. The van der Waals surface area contributed by atoms with Gasteiger partial charge in [0.2, 0.25) is 0 Å². The first-order valence-electron chi connectivity index (χ1n) is 8.54. The molecule has 3 nitrogen and oxygen atoms in total. The SMILES string of the molecule is CCc1ccc(CN(C(=O)c2cccc(C)c2)c2ccccn2)cc1. The van der Waals surface area contributed by atoms with E-state index in [-0.39, 0.29) is 5.91 Å². The molecule has 0 atom stereocenters. The van der Waals surface area contributed by atoms with E-state index in [2.05, 4.69) is 36.2 Å². The minimum Gasteiger partial charge on any atom is -0.288 e. The normalized spacial score (nSPS) is 10.5. The van der Waals surface area contributed by atoms with Crippen LogP contribution in [-0.2, 0) is 13.0 Å². The molecule has 1 heterocycles. The zero-order chi connectivity index (χ0) is 17.6. The van der Waals surface area contributed by atoms with Crippen LogP contribution in [0.4, 0.5) is 5.82 Å². The molecule has 0 N–H and O–H groups in total. The lowest BCUT2D eigenvalue weighted by Gasteiger charge is -2.22. The smallest absolute Gasteiger partial charge is 0.259 e. The first kappa shape index (κ1) is 16.9. The first-order valence-corrected chi connectivity index (χ1v) is 8.54. The highest BCUT2D eigenvalue weighted by Crippen LogP contribution is 2.19. The molecule has 3 rings (SSSR count). The number of hydrogen-bond acceptors (Lipinski definition) is 2. The van der Waals surface area contributed by atoms with Gasteiger partial charge in [-0.2, -0.15) is 0 Å². The van der Waals surface area contributed by atoms with E-state index in [1.165, 1.54) is 5.56 Å². The van der Waals surface area contributed by atoms with Crippen molar-refractivity contribution in [2.24, 2.45) is 0 Å². The first-order chi connectivity index (χ1) is 12.2. The Morgan fingerprint density at radius 1 is 0.960 bits per heavy atom. The van der Waals surface area contributed by atoms with Crippen LogP contribution in [0.15, 0.2) is 72.9 Å². The number of benzene rings is 2. The van der Waals surface area contributed by atoms with Crippen LogP contribution in [0.2, 0.25) is 0 Å². The molecule has 0 aliphatic rings. The molecule has 3 heteroatoms. The Morgan fingerprint density at radius 3 is 2.36 bits per heavy atom. The van der Waals surface area contributed by atoms with Crippen LogP contribution in [0.1, 0.15) is 34.0 Å². The zero-order valence-electron chi connectivity index (χ0n) is 14.6. The van der Waals surface area contributed by atoms with E-state index < -0.39 is 0 Å². The van der Waals surface area contributed by atoms with Gasteiger partial charge in [0, 0.05) is 11.8 Å². The topological polar surface area (TPSA) is 33.2 Å². The van der Waals surface area contributed by atoms with Gasteiger partial charge in [-0.1, -0.05) is 55.0 Å². The van der Waals surface area contributed by atoms with Crippen LogP contribution < -0.4 is 4.90 Å². The van der Waals surface area contributed by atoms with Crippen molar-refractivity contribution in [3.8, 4) is 0 Å². The van der Waals surface area contributed by atoms with Gasteiger partial charge in [-0.25, -0.2) is 4.98 Å². The van der Waals surface area contributed by atoms with Crippen molar-refractivity contribution in [2.45, 2.75) is 26.8 Å². The van der Waals surface area contributed by atoms with Gasteiger partial charge in [-0.05, 0) is 48.7 Å². The third-order valence-electron chi connectivity index (χ3n) is 4.21. The van der Waals surface area contributed by atoms with Crippen LogP contribution in [0.25, 0.3) is 0 Å². The van der Waals surface area contributed by atoms with Crippen molar-refractivity contribution >= 4 is 11.7 Å². The number of aryl methyl sites for hydroxylation is 2. The molecule has 0 aliphatic carbocycles. The van der Waals surface area contributed by atoms with E-state index in [0.717, 1.165) is 17.5 Å². The van der Waals surface area contributed by atoms with E-state index >= 15 is 0 Å². The third-order valence-corrected chi connectivity index (χ3v) is 4.21. The summed E-state index contributed by atoms with van der Waals surface area (Å²) in [5.41, 5.74) is 4.12. The van der Waals surface area contributed by atoms with Crippen LogP contribution in [0.5, 0.6) is 0 Å². The zero-order valence-corrected chi connectivity index (χ0v) is 14.6. The maximum Gasteiger partial charge on any atom is 0.259 e. The van der Waals surface area contributed by atoms with Crippen molar-refractivity contribution in [3.63, 3.8) is 0 Å². The highest BCUT2D eigenvalue weighted by molar-refractivity contribution is 6.05. The average Bonchev–Trinajstić information content (AvgIpc) is 2.67. The van der Waals surface area contributed by atoms with Gasteiger partial charge in [0.05, 0.1) is 6.54 Å². The second kappa shape index (κ2) is 7.75. The lowest BCUT2D eigenvalue weighted by Crippen LogP contribution is -2.31. The number of aromatic nitrogens is 1. The van der Waals surface area contributed by atoms with E-state index in [4.69, 9.17) is 0 Å². The number of carbonyl (C=O) groups excluding carboxylic acids is 1. The highest BCUT2D eigenvalue weighted by Gasteiger charge is 2.19. The summed E-state index contributed by atoms with van der Waals surface area (Å²) in [4.78, 5) is 19.2. The fourth-order valence-corrected chi connectivity index (χ4v) is 2.77. The van der Waals surface area contributed by atoms with E-state index in [9.17, 15) is 4.79 Å². The molecule has 0 fully saturated rings. The molecule has 0 bridgehead atoms. The molecular formula is C22H22N2O. The van der Waals surface area contributed by atoms with Gasteiger partial charge in [0.25, 0.3) is 5.91 Å². The number of rotatable bonds is 5.